The first kappa shape index (κ1) is 20.0. The highest BCUT2D eigenvalue weighted by atomic mass is 35.5. The van der Waals surface area contributed by atoms with Gasteiger partial charge < -0.3 is 15.2 Å². The van der Waals surface area contributed by atoms with E-state index in [1.807, 2.05) is 43.3 Å². The highest BCUT2D eigenvalue weighted by Gasteiger charge is 2.11. The maximum atomic E-state index is 12.4. The Balaban J connectivity index is 2.16. The van der Waals surface area contributed by atoms with Crippen molar-refractivity contribution in [3.8, 4) is 5.75 Å². The van der Waals surface area contributed by atoms with E-state index in [1.165, 1.54) is 0 Å². The summed E-state index contributed by atoms with van der Waals surface area (Å²) in [6.07, 6.45) is 5.26. The first-order valence-electron chi connectivity index (χ1n) is 8.57. The van der Waals surface area contributed by atoms with Crippen LogP contribution in [0.4, 0.5) is 0 Å². The number of nitrogens with one attached hydrogen (secondary N) is 1. The molecule has 0 aliphatic rings. The van der Waals surface area contributed by atoms with Crippen molar-refractivity contribution in [1.82, 2.24) is 5.32 Å². The summed E-state index contributed by atoms with van der Waals surface area (Å²) in [4.78, 5) is 12.4. The normalized spacial score (nSPS) is 12.2. The molecule has 4 nitrogen and oxygen atoms in total. The average molecular weight is 374 g/mol. The number of rotatable bonds is 8. The third-order valence-corrected chi connectivity index (χ3v) is 4.24. The van der Waals surface area contributed by atoms with Gasteiger partial charge in [0.15, 0.2) is 0 Å². The summed E-state index contributed by atoms with van der Waals surface area (Å²) in [6, 6.07) is 12.8. The lowest BCUT2D eigenvalue weighted by atomic mass is 10.1. The summed E-state index contributed by atoms with van der Waals surface area (Å²) in [6.45, 7) is 2.06. The fourth-order valence-electron chi connectivity index (χ4n) is 2.54. The van der Waals surface area contributed by atoms with Crippen LogP contribution in [0.15, 0.2) is 42.5 Å². The smallest absolute Gasteiger partial charge is 0.251 e. The zero-order chi connectivity index (χ0) is 18.9. The number of ether oxygens (including phenoxy) is 1. The van der Waals surface area contributed by atoms with Crippen LogP contribution in [-0.2, 0) is 0 Å². The van der Waals surface area contributed by atoms with Crippen molar-refractivity contribution >= 4 is 29.7 Å². The Hall–Kier alpha value is -2.30. The van der Waals surface area contributed by atoms with Crippen LogP contribution >= 0.6 is 11.6 Å². The number of hydrogen-bond acceptors (Lipinski definition) is 3. The number of halogens is 1. The molecule has 2 aromatic rings. The molecule has 0 aliphatic carbocycles. The van der Waals surface area contributed by atoms with Gasteiger partial charge in [-0.25, -0.2) is 0 Å². The molecule has 0 fully saturated rings. The maximum absolute atomic E-state index is 12.4. The molecule has 0 bridgehead atoms. The summed E-state index contributed by atoms with van der Waals surface area (Å²) in [5, 5.41) is 12.5. The summed E-state index contributed by atoms with van der Waals surface area (Å²) in [5.41, 5.74) is 2.39. The molecule has 2 N–H and O–H groups in total. The molecule has 2 rings (SSSR count). The first-order valence-corrected chi connectivity index (χ1v) is 8.94. The zero-order valence-electron chi connectivity index (χ0n) is 15.0. The standard InChI is InChI=1S/C21H24ClNO3/c1-15(4-3-13-24)23-21(25)18-9-12-20(26-2)17(14-18)8-5-16-6-10-19(22)11-7-16/h5-12,14-15,24H,3-4,13H2,1-2H3,(H,23,25)/b8-5+. The number of benzene rings is 2. The van der Waals surface area contributed by atoms with E-state index in [4.69, 9.17) is 21.4 Å². The lowest BCUT2D eigenvalue weighted by Crippen LogP contribution is -2.32. The van der Waals surface area contributed by atoms with Crippen LogP contribution in [0, 0.1) is 0 Å². The second-order valence-corrected chi connectivity index (χ2v) is 6.52. The van der Waals surface area contributed by atoms with Crippen molar-refractivity contribution in [3.05, 3.63) is 64.2 Å². The van der Waals surface area contributed by atoms with E-state index in [0.717, 1.165) is 17.5 Å². The summed E-state index contributed by atoms with van der Waals surface area (Å²) in [7, 11) is 1.60. The molecule has 0 spiro atoms. The SMILES string of the molecule is COc1ccc(C(=O)NC(C)CCCO)cc1/C=C/c1ccc(Cl)cc1. The van der Waals surface area contributed by atoms with Crippen molar-refractivity contribution in [3.63, 3.8) is 0 Å². The monoisotopic (exact) mass is 373 g/mol. The number of carbonyl (C=O) groups is 1. The second-order valence-electron chi connectivity index (χ2n) is 6.08. The van der Waals surface area contributed by atoms with Crippen LogP contribution < -0.4 is 10.1 Å². The molecule has 138 valence electrons. The lowest BCUT2D eigenvalue weighted by molar-refractivity contribution is 0.0936. The number of aliphatic hydroxyl groups excluding tert-OH is 1. The molecule has 0 aliphatic heterocycles. The summed E-state index contributed by atoms with van der Waals surface area (Å²) in [5.74, 6) is 0.555. The Morgan fingerprint density at radius 2 is 1.96 bits per heavy atom. The summed E-state index contributed by atoms with van der Waals surface area (Å²) >= 11 is 5.90. The molecule has 5 heteroatoms. The van der Waals surface area contributed by atoms with Crippen molar-refractivity contribution in [2.24, 2.45) is 0 Å². The summed E-state index contributed by atoms with van der Waals surface area (Å²) < 4.78 is 5.39. The lowest BCUT2D eigenvalue weighted by Gasteiger charge is -2.14. The van der Waals surface area contributed by atoms with E-state index < -0.39 is 0 Å². The van der Waals surface area contributed by atoms with Crippen LogP contribution in [0.5, 0.6) is 5.75 Å². The molecule has 0 saturated heterocycles. The Labute approximate surface area is 159 Å². The molecular formula is C21H24ClNO3. The number of hydrogen-bond donors (Lipinski definition) is 2. The van der Waals surface area contributed by atoms with Gasteiger partial charge in [-0.1, -0.05) is 35.9 Å². The van der Waals surface area contributed by atoms with E-state index in [1.54, 1.807) is 25.3 Å². The van der Waals surface area contributed by atoms with Crippen LogP contribution in [0.1, 0.15) is 41.3 Å². The molecule has 0 radical (unpaired) electrons. The van der Waals surface area contributed by atoms with E-state index >= 15 is 0 Å². The van der Waals surface area contributed by atoms with Crippen LogP contribution in [0.25, 0.3) is 12.2 Å². The van der Waals surface area contributed by atoms with Crippen LogP contribution in [0.3, 0.4) is 0 Å². The molecule has 1 amide bonds. The van der Waals surface area contributed by atoms with Gasteiger partial charge in [0, 0.05) is 28.8 Å². The van der Waals surface area contributed by atoms with E-state index in [-0.39, 0.29) is 18.6 Å². The maximum Gasteiger partial charge on any atom is 0.251 e. The van der Waals surface area contributed by atoms with Gasteiger partial charge in [0.2, 0.25) is 0 Å². The number of methoxy groups -OCH3 is 1. The predicted molar refractivity (Wildman–Crippen MR) is 107 cm³/mol. The Kier molecular flexibility index (Phi) is 7.70. The molecule has 1 unspecified atom stereocenters. The first-order chi connectivity index (χ1) is 12.5. The van der Waals surface area contributed by atoms with Gasteiger partial charge in [0.25, 0.3) is 5.91 Å². The Morgan fingerprint density at radius 1 is 1.23 bits per heavy atom. The largest absolute Gasteiger partial charge is 0.496 e. The van der Waals surface area contributed by atoms with E-state index in [2.05, 4.69) is 5.32 Å². The number of aliphatic hydroxyl groups is 1. The number of amides is 1. The molecule has 26 heavy (non-hydrogen) atoms. The van der Waals surface area contributed by atoms with Gasteiger partial charge in [0.1, 0.15) is 5.75 Å². The number of carbonyl (C=O) groups excluding carboxylic acids is 1. The Morgan fingerprint density at radius 3 is 2.62 bits per heavy atom. The fourth-order valence-corrected chi connectivity index (χ4v) is 2.67. The second kappa shape index (κ2) is 10.00. The van der Waals surface area contributed by atoms with Crippen LogP contribution in [-0.4, -0.2) is 30.8 Å². The Bertz CT molecular complexity index is 756. The zero-order valence-corrected chi connectivity index (χ0v) is 15.8. The molecule has 0 saturated carbocycles. The van der Waals surface area contributed by atoms with E-state index in [9.17, 15) is 4.79 Å². The minimum Gasteiger partial charge on any atom is -0.496 e. The average Bonchev–Trinajstić information content (AvgIpc) is 2.65. The quantitative estimate of drug-likeness (QED) is 0.674. The predicted octanol–water partition coefficient (Wildman–Crippen LogP) is 4.41. The van der Waals surface area contributed by atoms with Gasteiger partial charge in [-0.15, -0.1) is 0 Å². The van der Waals surface area contributed by atoms with Crippen molar-refractivity contribution in [2.75, 3.05) is 13.7 Å². The van der Waals surface area contributed by atoms with Crippen molar-refractivity contribution in [1.29, 1.82) is 0 Å². The van der Waals surface area contributed by atoms with Crippen molar-refractivity contribution in [2.45, 2.75) is 25.8 Å². The third kappa shape index (κ3) is 5.90. The highest BCUT2D eigenvalue weighted by Crippen LogP contribution is 2.23. The highest BCUT2D eigenvalue weighted by molar-refractivity contribution is 6.30. The van der Waals surface area contributed by atoms with Gasteiger partial charge in [-0.05, 0) is 55.7 Å². The molecular weight excluding hydrogens is 350 g/mol. The minimum atomic E-state index is -0.140. The van der Waals surface area contributed by atoms with Crippen LogP contribution in [0.2, 0.25) is 5.02 Å². The van der Waals surface area contributed by atoms with Gasteiger partial charge in [-0.2, -0.15) is 0 Å². The van der Waals surface area contributed by atoms with E-state index in [0.29, 0.717) is 22.8 Å². The third-order valence-electron chi connectivity index (χ3n) is 3.99. The molecule has 0 heterocycles. The minimum absolute atomic E-state index is 0.00445. The molecule has 2 aromatic carbocycles. The fraction of sp³-hybridized carbons (Fsp3) is 0.286. The van der Waals surface area contributed by atoms with Gasteiger partial charge >= 0.3 is 0 Å². The van der Waals surface area contributed by atoms with Gasteiger partial charge in [-0.3, -0.25) is 4.79 Å². The van der Waals surface area contributed by atoms with Gasteiger partial charge in [0.05, 0.1) is 7.11 Å². The van der Waals surface area contributed by atoms with Crippen molar-refractivity contribution < 1.29 is 14.6 Å². The molecule has 0 aromatic heterocycles. The topological polar surface area (TPSA) is 58.6 Å². The molecule has 1 atom stereocenters.